The van der Waals surface area contributed by atoms with Crippen LogP contribution in [0.15, 0.2) is 66.9 Å². The van der Waals surface area contributed by atoms with E-state index in [1.54, 1.807) is 49.3 Å². The SMILES string of the molecule is COc1ccc(NC(=O)N(CC(=O)N(CCc2c[nH]c3ccccc23)Cc2ccc(OC)c(OC)c2)C2CC2)c(OC)c1. The average Bonchev–Trinajstić information content (AvgIpc) is 3.80. The van der Waals surface area contributed by atoms with Gasteiger partial charge in [0.05, 0.1) is 34.1 Å². The number of carbonyl (C=O) groups is 2. The van der Waals surface area contributed by atoms with Crippen LogP contribution < -0.4 is 24.3 Å². The first-order valence-electron chi connectivity index (χ1n) is 14.3. The van der Waals surface area contributed by atoms with Crippen molar-refractivity contribution in [2.75, 3.05) is 46.8 Å². The number of hydrogen-bond donors (Lipinski definition) is 2. The van der Waals surface area contributed by atoms with E-state index in [0.717, 1.165) is 34.9 Å². The van der Waals surface area contributed by atoms with Crippen molar-refractivity contribution in [1.29, 1.82) is 0 Å². The number of aromatic amines is 1. The Kier molecular flexibility index (Phi) is 9.24. The van der Waals surface area contributed by atoms with Crippen LogP contribution in [-0.2, 0) is 17.8 Å². The molecule has 0 aliphatic heterocycles. The Bertz CT molecular complexity index is 1580. The van der Waals surface area contributed by atoms with Crippen LogP contribution >= 0.6 is 0 Å². The van der Waals surface area contributed by atoms with Crippen molar-refractivity contribution in [2.45, 2.75) is 31.8 Å². The average molecular weight is 587 g/mol. The summed E-state index contributed by atoms with van der Waals surface area (Å²) in [5.41, 5.74) is 3.59. The van der Waals surface area contributed by atoms with Gasteiger partial charge in [0.1, 0.15) is 18.0 Å². The van der Waals surface area contributed by atoms with Gasteiger partial charge in [-0.1, -0.05) is 24.3 Å². The molecule has 10 heteroatoms. The van der Waals surface area contributed by atoms with Gasteiger partial charge in [0.15, 0.2) is 11.5 Å². The maximum Gasteiger partial charge on any atom is 0.322 e. The second-order valence-corrected chi connectivity index (χ2v) is 10.5. The molecule has 0 saturated heterocycles. The van der Waals surface area contributed by atoms with Gasteiger partial charge in [-0.25, -0.2) is 4.79 Å². The van der Waals surface area contributed by atoms with E-state index >= 15 is 0 Å². The number of rotatable bonds is 13. The second kappa shape index (κ2) is 13.4. The quantitative estimate of drug-likeness (QED) is 0.215. The number of aromatic nitrogens is 1. The first kappa shape index (κ1) is 29.6. The minimum Gasteiger partial charge on any atom is -0.497 e. The van der Waals surface area contributed by atoms with Crippen molar-refractivity contribution in [3.8, 4) is 23.0 Å². The van der Waals surface area contributed by atoms with Gasteiger partial charge in [0.25, 0.3) is 0 Å². The summed E-state index contributed by atoms with van der Waals surface area (Å²) in [6.45, 7) is 0.783. The van der Waals surface area contributed by atoms with Crippen molar-refractivity contribution in [2.24, 2.45) is 0 Å². The van der Waals surface area contributed by atoms with Crippen molar-refractivity contribution in [1.82, 2.24) is 14.8 Å². The number of benzene rings is 3. The molecule has 3 amide bonds. The number of ether oxygens (including phenoxy) is 4. The number of para-hydroxylation sites is 1. The lowest BCUT2D eigenvalue weighted by Gasteiger charge is -2.28. The van der Waals surface area contributed by atoms with Crippen LogP contribution in [0.3, 0.4) is 0 Å². The first-order valence-corrected chi connectivity index (χ1v) is 14.3. The fourth-order valence-corrected chi connectivity index (χ4v) is 5.17. The molecule has 1 aliphatic rings. The zero-order chi connectivity index (χ0) is 30.3. The van der Waals surface area contributed by atoms with Gasteiger partial charge >= 0.3 is 6.03 Å². The second-order valence-electron chi connectivity index (χ2n) is 10.5. The topological polar surface area (TPSA) is 105 Å². The fraction of sp³-hybridized carbons (Fsp3) is 0.333. The zero-order valence-electron chi connectivity index (χ0n) is 25.0. The molecule has 1 fully saturated rings. The number of urea groups is 1. The molecule has 2 N–H and O–H groups in total. The van der Waals surface area contributed by atoms with Crippen LogP contribution in [0.5, 0.6) is 23.0 Å². The van der Waals surface area contributed by atoms with E-state index in [9.17, 15) is 9.59 Å². The van der Waals surface area contributed by atoms with Crippen LogP contribution in [0.2, 0.25) is 0 Å². The lowest BCUT2D eigenvalue weighted by Crippen LogP contribution is -2.45. The third-order valence-electron chi connectivity index (χ3n) is 7.70. The summed E-state index contributed by atoms with van der Waals surface area (Å²) in [6, 6.07) is 18.6. The van der Waals surface area contributed by atoms with Crippen LogP contribution in [0.4, 0.5) is 10.5 Å². The molecule has 1 heterocycles. The van der Waals surface area contributed by atoms with Gasteiger partial charge in [0, 0.05) is 42.3 Å². The molecule has 0 bridgehead atoms. The number of fused-ring (bicyclic) bond motifs is 1. The van der Waals surface area contributed by atoms with Gasteiger partial charge in [-0.3, -0.25) is 4.79 Å². The molecule has 1 aromatic heterocycles. The minimum absolute atomic E-state index is 0.00439. The molecule has 1 saturated carbocycles. The molecule has 1 aliphatic carbocycles. The maximum atomic E-state index is 14.0. The summed E-state index contributed by atoms with van der Waals surface area (Å²) in [7, 11) is 6.28. The molecule has 10 nitrogen and oxygen atoms in total. The maximum absolute atomic E-state index is 14.0. The molecule has 43 heavy (non-hydrogen) atoms. The number of hydrogen-bond acceptors (Lipinski definition) is 6. The summed E-state index contributed by atoms with van der Waals surface area (Å²) >= 11 is 0. The Morgan fingerprint density at radius 3 is 2.37 bits per heavy atom. The summed E-state index contributed by atoms with van der Waals surface area (Å²) in [6.07, 6.45) is 4.36. The fourth-order valence-electron chi connectivity index (χ4n) is 5.17. The van der Waals surface area contributed by atoms with E-state index in [-0.39, 0.29) is 24.5 Å². The predicted molar refractivity (Wildman–Crippen MR) is 165 cm³/mol. The number of nitrogens with zero attached hydrogens (tertiary/aromatic N) is 2. The highest BCUT2D eigenvalue weighted by Crippen LogP contribution is 2.32. The lowest BCUT2D eigenvalue weighted by molar-refractivity contribution is -0.132. The van der Waals surface area contributed by atoms with Crippen molar-refractivity contribution in [3.05, 3.63) is 78.0 Å². The lowest BCUT2D eigenvalue weighted by atomic mass is 10.1. The standard InChI is InChI=1S/C33H38N4O6/c1-40-25-12-13-28(30(18-25)42-3)35-33(39)37(24-10-11-24)21-32(38)36(20-22-9-14-29(41-2)31(17-22)43-4)16-15-23-19-34-27-8-6-5-7-26(23)27/h5-9,12-14,17-19,24,34H,10-11,15-16,20-21H2,1-4H3,(H,35,39). The Labute approximate surface area is 251 Å². The molecular formula is C33H38N4O6. The normalized spacial score (nSPS) is 12.5. The van der Waals surface area contributed by atoms with Gasteiger partial charge in [0.2, 0.25) is 5.91 Å². The summed E-state index contributed by atoms with van der Waals surface area (Å²) in [4.78, 5) is 34.2. The van der Waals surface area contributed by atoms with Gasteiger partial charge in [-0.15, -0.1) is 0 Å². The number of H-pyrrole nitrogens is 1. The number of carbonyl (C=O) groups excluding carboxylic acids is 2. The molecule has 0 atom stereocenters. The van der Waals surface area contributed by atoms with Crippen molar-refractivity contribution >= 4 is 28.5 Å². The predicted octanol–water partition coefficient (Wildman–Crippen LogP) is 5.47. The molecule has 0 unspecified atom stereocenters. The Morgan fingerprint density at radius 2 is 1.65 bits per heavy atom. The summed E-state index contributed by atoms with van der Waals surface area (Å²) in [5.74, 6) is 2.16. The highest BCUT2D eigenvalue weighted by atomic mass is 16.5. The smallest absolute Gasteiger partial charge is 0.322 e. The number of methoxy groups -OCH3 is 4. The number of anilines is 1. The van der Waals surface area contributed by atoms with Crippen LogP contribution in [0.25, 0.3) is 10.9 Å². The van der Waals surface area contributed by atoms with E-state index in [1.165, 1.54) is 7.11 Å². The monoisotopic (exact) mass is 586 g/mol. The van der Waals surface area contributed by atoms with Crippen molar-refractivity contribution < 1.29 is 28.5 Å². The molecule has 226 valence electrons. The summed E-state index contributed by atoms with van der Waals surface area (Å²) in [5, 5.41) is 4.06. The molecule has 0 radical (unpaired) electrons. The summed E-state index contributed by atoms with van der Waals surface area (Å²) < 4.78 is 21.6. The molecular weight excluding hydrogens is 548 g/mol. The molecule has 5 rings (SSSR count). The number of amides is 3. The van der Waals surface area contributed by atoms with Crippen LogP contribution in [-0.4, -0.2) is 74.3 Å². The highest BCUT2D eigenvalue weighted by molar-refractivity contribution is 5.94. The molecule has 4 aromatic rings. The Morgan fingerprint density at radius 1 is 0.884 bits per heavy atom. The third-order valence-corrected chi connectivity index (χ3v) is 7.70. The van der Waals surface area contributed by atoms with E-state index < -0.39 is 0 Å². The van der Waals surface area contributed by atoms with E-state index in [4.69, 9.17) is 18.9 Å². The largest absolute Gasteiger partial charge is 0.497 e. The Balaban J connectivity index is 1.35. The minimum atomic E-state index is -0.345. The van der Waals surface area contributed by atoms with Gasteiger partial charge in [-0.2, -0.15) is 0 Å². The van der Waals surface area contributed by atoms with Gasteiger partial charge < -0.3 is 39.0 Å². The Hall–Kier alpha value is -4.86. The van der Waals surface area contributed by atoms with Crippen LogP contribution in [0, 0.1) is 0 Å². The van der Waals surface area contributed by atoms with E-state index in [0.29, 0.717) is 48.2 Å². The van der Waals surface area contributed by atoms with E-state index in [1.807, 2.05) is 42.6 Å². The van der Waals surface area contributed by atoms with Crippen molar-refractivity contribution in [3.63, 3.8) is 0 Å². The third kappa shape index (κ3) is 6.97. The van der Waals surface area contributed by atoms with E-state index in [2.05, 4.69) is 16.4 Å². The molecule has 0 spiro atoms. The van der Waals surface area contributed by atoms with Gasteiger partial charge in [-0.05, 0) is 60.7 Å². The molecule has 3 aromatic carbocycles. The zero-order valence-corrected chi connectivity index (χ0v) is 25.0. The first-order chi connectivity index (χ1) is 20.9. The highest BCUT2D eigenvalue weighted by Gasteiger charge is 2.35. The number of nitrogens with one attached hydrogen (secondary N) is 2. The van der Waals surface area contributed by atoms with Crippen LogP contribution in [0.1, 0.15) is 24.0 Å².